The van der Waals surface area contributed by atoms with E-state index < -0.39 is 11.2 Å². The minimum Gasteiger partial charge on any atom is -0.389 e. The van der Waals surface area contributed by atoms with E-state index in [1.54, 1.807) is 19.5 Å². The van der Waals surface area contributed by atoms with Crippen LogP contribution in [0.2, 0.25) is 0 Å². The average molecular weight is 456 g/mol. The first kappa shape index (κ1) is 23.3. The van der Waals surface area contributed by atoms with Crippen molar-refractivity contribution in [1.29, 1.82) is 5.26 Å². The van der Waals surface area contributed by atoms with Gasteiger partial charge in [-0.25, -0.2) is 0 Å². The largest absolute Gasteiger partial charge is 0.389 e. The summed E-state index contributed by atoms with van der Waals surface area (Å²) in [6.07, 6.45) is 13.0. The van der Waals surface area contributed by atoms with Gasteiger partial charge in [0.05, 0.1) is 29.6 Å². The molecule has 4 aliphatic carbocycles. The lowest BCUT2D eigenvalue weighted by molar-refractivity contribution is -0.165. The topological polar surface area (TPSA) is 91.3 Å². The molecule has 0 amide bonds. The van der Waals surface area contributed by atoms with Gasteiger partial charge in [-0.1, -0.05) is 13.8 Å². The van der Waals surface area contributed by atoms with Crippen LogP contribution in [0.4, 0.5) is 0 Å². The molecule has 2 N–H and O–H groups in total. The summed E-state index contributed by atoms with van der Waals surface area (Å²) in [5, 5.41) is 36.6. The fourth-order valence-electron chi connectivity index (χ4n) is 9.18. The quantitative estimate of drug-likeness (QED) is 0.696. The predicted octanol–water partition coefficient (Wildman–Crippen LogP) is 4.15. The molecule has 6 nitrogen and oxygen atoms in total. The van der Waals surface area contributed by atoms with E-state index in [0.717, 1.165) is 50.4 Å². The molecule has 5 rings (SSSR count). The molecule has 1 aromatic rings. The van der Waals surface area contributed by atoms with Gasteiger partial charge in [0.2, 0.25) is 0 Å². The van der Waals surface area contributed by atoms with Crippen molar-refractivity contribution in [1.82, 2.24) is 9.78 Å². The van der Waals surface area contributed by atoms with Crippen molar-refractivity contribution in [2.75, 3.05) is 13.7 Å². The van der Waals surface area contributed by atoms with Crippen molar-refractivity contribution < 1.29 is 14.9 Å². The van der Waals surface area contributed by atoms with E-state index in [-0.39, 0.29) is 11.3 Å². The van der Waals surface area contributed by atoms with Gasteiger partial charge in [-0.05, 0) is 92.8 Å². The molecular formula is C27H41N3O3. The van der Waals surface area contributed by atoms with Gasteiger partial charge < -0.3 is 14.9 Å². The first-order valence-corrected chi connectivity index (χ1v) is 13.1. The molecule has 4 fully saturated rings. The normalized spacial score (nSPS) is 45.5. The SMILES string of the molecule is COC[C@@]1(O)CC[C@H]2[C@@H](CC[C@@H]3[C@@H]2CC[C@@]2(C)[C@H]3CC[C@]2(O)[C@H](C)Cn2cc(C#N)cn2)C1. The molecule has 6 heteroatoms. The van der Waals surface area contributed by atoms with Gasteiger partial charge in [0.15, 0.2) is 0 Å². The van der Waals surface area contributed by atoms with Crippen LogP contribution in [-0.4, -0.2) is 44.9 Å². The molecule has 1 heterocycles. The molecule has 33 heavy (non-hydrogen) atoms. The molecule has 0 saturated heterocycles. The number of fused-ring (bicyclic) bond motifs is 5. The van der Waals surface area contributed by atoms with Gasteiger partial charge in [-0.3, -0.25) is 4.68 Å². The van der Waals surface area contributed by atoms with Crippen LogP contribution in [0.5, 0.6) is 0 Å². The Morgan fingerprint density at radius 3 is 2.67 bits per heavy atom. The van der Waals surface area contributed by atoms with Gasteiger partial charge in [-0.15, -0.1) is 0 Å². The Bertz CT molecular complexity index is 911. The third-order valence-corrected chi connectivity index (χ3v) is 10.8. The number of rotatable bonds is 5. The summed E-state index contributed by atoms with van der Waals surface area (Å²) in [4.78, 5) is 0. The Balaban J connectivity index is 1.31. The highest BCUT2D eigenvalue weighted by atomic mass is 16.5. The maximum absolute atomic E-state index is 12.1. The predicted molar refractivity (Wildman–Crippen MR) is 125 cm³/mol. The van der Waals surface area contributed by atoms with Crippen LogP contribution in [0, 0.1) is 52.3 Å². The summed E-state index contributed by atoms with van der Waals surface area (Å²) in [7, 11) is 1.69. The first-order valence-electron chi connectivity index (χ1n) is 13.1. The second kappa shape index (κ2) is 8.36. The Hall–Kier alpha value is -1.42. The molecule has 0 aromatic carbocycles. The second-order valence-electron chi connectivity index (χ2n) is 12.2. The molecule has 1 aromatic heterocycles. The van der Waals surface area contributed by atoms with Crippen LogP contribution in [0.3, 0.4) is 0 Å². The zero-order valence-electron chi connectivity index (χ0n) is 20.5. The number of hydrogen-bond acceptors (Lipinski definition) is 5. The number of aliphatic hydroxyl groups is 2. The Morgan fingerprint density at radius 2 is 1.94 bits per heavy atom. The van der Waals surface area contributed by atoms with Crippen LogP contribution in [0.15, 0.2) is 12.4 Å². The van der Waals surface area contributed by atoms with E-state index >= 15 is 0 Å². The fraction of sp³-hybridized carbons (Fsp3) is 0.852. The van der Waals surface area contributed by atoms with E-state index in [1.165, 1.54) is 19.3 Å². The van der Waals surface area contributed by atoms with E-state index in [4.69, 9.17) is 10.00 Å². The first-order chi connectivity index (χ1) is 15.7. The van der Waals surface area contributed by atoms with Crippen molar-refractivity contribution in [3.63, 3.8) is 0 Å². The van der Waals surface area contributed by atoms with Gasteiger partial charge in [0, 0.05) is 25.8 Å². The lowest BCUT2D eigenvalue weighted by Crippen LogP contribution is -2.57. The monoisotopic (exact) mass is 455 g/mol. The van der Waals surface area contributed by atoms with Gasteiger partial charge in [-0.2, -0.15) is 10.4 Å². The Labute approximate surface area is 198 Å². The van der Waals surface area contributed by atoms with Crippen molar-refractivity contribution in [3.8, 4) is 6.07 Å². The summed E-state index contributed by atoms with van der Waals surface area (Å²) in [6.45, 7) is 5.65. The van der Waals surface area contributed by atoms with E-state index in [9.17, 15) is 10.2 Å². The van der Waals surface area contributed by atoms with E-state index in [2.05, 4.69) is 25.0 Å². The molecule has 0 bridgehead atoms. The van der Waals surface area contributed by atoms with Gasteiger partial charge in [0.25, 0.3) is 0 Å². The van der Waals surface area contributed by atoms with Crippen LogP contribution in [0.1, 0.15) is 77.2 Å². The Morgan fingerprint density at radius 1 is 1.15 bits per heavy atom. The smallest absolute Gasteiger partial charge is 0.102 e. The molecule has 0 spiro atoms. The van der Waals surface area contributed by atoms with Crippen LogP contribution in [-0.2, 0) is 11.3 Å². The van der Waals surface area contributed by atoms with Gasteiger partial charge >= 0.3 is 0 Å². The van der Waals surface area contributed by atoms with Crippen LogP contribution in [0.25, 0.3) is 0 Å². The number of ether oxygens (including phenoxy) is 1. The molecule has 0 aliphatic heterocycles. The summed E-state index contributed by atoms with van der Waals surface area (Å²) in [5.41, 5.74) is -0.806. The highest BCUT2D eigenvalue weighted by molar-refractivity contribution is 5.22. The Kier molecular flexibility index (Phi) is 5.91. The number of nitrogens with zero attached hydrogens (tertiary/aromatic N) is 3. The van der Waals surface area contributed by atoms with E-state index in [0.29, 0.717) is 36.5 Å². The number of hydrogen-bond donors (Lipinski definition) is 2. The lowest BCUT2D eigenvalue weighted by Gasteiger charge is -2.59. The highest BCUT2D eigenvalue weighted by Crippen LogP contribution is 2.67. The zero-order valence-corrected chi connectivity index (χ0v) is 20.5. The van der Waals surface area contributed by atoms with Crippen molar-refractivity contribution in [2.24, 2.45) is 40.9 Å². The zero-order chi connectivity index (χ0) is 23.4. The van der Waals surface area contributed by atoms with E-state index in [1.807, 2.05) is 4.68 Å². The van der Waals surface area contributed by atoms with Crippen molar-refractivity contribution >= 4 is 0 Å². The molecule has 0 radical (unpaired) electrons. The molecule has 182 valence electrons. The fourth-order valence-corrected chi connectivity index (χ4v) is 9.18. The average Bonchev–Trinajstić information content (AvgIpc) is 3.35. The number of aromatic nitrogens is 2. The summed E-state index contributed by atoms with van der Waals surface area (Å²) < 4.78 is 7.17. The third kappa shape index (κ3) is 3.66. The maximum Gasteiger partial charge on any atom is 0.102 e. The van der Waals surface area contributed by atoms with Crippen LogP contribution >= 0.6 is 0 Å². The minimum absolute atomic E-state index is 0.0584. The second-order valence-corrected chi connectivity index (χ2v) is 12.2. The number of methoxy groups -OCH3 is 1. The summed E-state index contributed by atoms with van der Waals surface area (Å²) in [5.74, 6) is 3.47. The third-order valence-electron chi connectivity index (χ3n) is 10.8. The highest BCUT2D eigenvalue weighted by Gasteiger charge is 2.64. The molecule has 4 saturated carbocycles. The van der Waals surface area contributed by atoms with Crippen molar-refractivity contribution in [3.05, 3.63) is 18.0 Å². The molecule has 9 atom stereocenters. The summed E-state index contributed by atoms with van der Waals surface area (Å²) in [6, 6.07) is 2.15. The van der Waals surface area contributed by atoms with Crippen LogP contribution < -0.4 is 0 Å². The number of nitriles is 1. The van der Waals surface area contributed by atoms with Gasteiger partial charge in [0.1, 0.15) is 6.07 Å². The van der Waals surface area contributed by atoms with Crippen molar-refractivity contribution in [2.45, 2.75) is 89.4 Å². The maximum atomic E-state index is 12.1. The summed E-state index contributed by atoms with van der Waals surface area (Å²) >= 11 is 0. The molecular weight excluding hydrogens is 414 g/mol. The molecule has 0 unspecified atom stereocenters. The minimum atomic E-state index is -0.691. The standard InChI is InChI=1S/C27H41N3O3/c1-18(15-30-16-19(13-28)14-29-30)27(32)11-8-24-23-5-4-20-12-26(31,17-33-3)10-7-21(20)22(23)6-9-25(24,27)2/h14,16,18,20-24,31-32H,4-12,15,17H2,1-3H3/t18-,20+,21+,22-,23-,24+,25+,26-,27+/m1/s1. The lowest BCUT2D eigenvalue weighted by atomic mass is 9.48. The molecule has 4 aliphatic rings.